The Morgan fingerprint density at radius 3 is 1.58 bits per heavy atom. The minimum Gasteiger partial charge on any atom is -0.309 e. The smallest absolute Gasteiger partial charge is 0.126 e. The van der Waals surface area contributed by atoms with E-state index in [0.717, 1.165) is 45.3 Å². The molecule has 0 amide bonds. The molecule has 9 rings (SSSR count). The molecule has 0 bridgehead atoms. The van der Waals surface area contributed by atoms with Crippen LogP contribution in [0.15, 0.2) is 133 Å². The van der Waals surface area contributed by atoms with Crippen molar-refractivity contribution in [3.8, 4) is 33.8 Å². The third kappa shape index (κ3) is 4.37. The van der Waals surface area contributed by atoms with Gasteiger partial charge >= 0.3 is 0 Å². The lowest BCUT2D eigenvalue weighted by atomic mass is 9.97. The van der Waals surface area contributed by atoms with Crippen LogP contribution < -0.4 is 0 Å². The van der Waals surface area contributed by atoms with E-state index in [4.69, 9.17) is 4.98 Å². The Hall–Kier alpha value is -6.00. The molecule has 0 atom stereocenters. The average molecular weight is 619 g/mol. The van der Waals surface area contributed by atoms with Gasteiger partial charge in [0.05, 0.1) is 39.1 Å². The molecular formula is C44H34N4. The molecule has 3 aromatic heterocycles. The van der Waals surface area contributed by atoms with E-state index >= 15 is 0 Å². The maximum atomic E-state index is 4.88. The number of nitrogens with zero attached hydrogens (tertiary/aromatic N) is 4. The van der Waals surface area contributed by atoms with Crippen LogP contribution in [0.3, 0.4) is 0 Å². The highest BCUT2D eigenvalue weighted by atomic mass is 15.0. The summed E-state index contributed by atoms with van der Waals surface area (Å²) >= 11 is 0. The molecule has 0 fully saturated rings. The first kappa shape index (κ1) is 28.2. The van der Waals surface area contributed by atoms with Gasteiger partial charge in [0.2, 0.25) is 0 Å². The predicted molar refractivity (Wildman–Crippen MR) is 201 cm³/mol. The van der Waals surface area contributed by atoms with Crippen LogP contribution in [0.2, 0.25) is 0 Å². The zero-order chi connectivity index (χ0) is 32.5. The summed E-state index contributed by atoms with van der Waals surface area (Å²) in [4.78, 5) is 9.45. The van der Waals surface area contributed by atoms with Gasteiger partial charge < -0.3 is 9.13 Å². The van der Waals surface area contributed by atoms with Crippen LogP contribution in [0.1, 0.15) is 22.6 Å². The average Bonchev–Trinajstić information content (AvgIpc) is 3.59. The first-order valence-electron chi connectivity index (χ1n) is 16.5. The fourth-order valence-electron chi connectivity index (χ4n) is 7.56. The number of hydrogen-bond acceptors (Lipinski definition) is 2. The van der Waals surface area contributed by atoms with Crippen LogP contribution >= 0.6 is 0 Å². The molecule has 0 aliphatic rings. The summed E-state index contributed by atoms with van der Waals surface area (Å²) in [7, 11) is 0. The Morgan fingerprint density at radius 2 is 0.958 bits per heavy atom. The van der Waals surface area contributed by atoms with E-state index in [1.54, 1.807) is 0 Å². The molecule has 0 radical (unpaired) electrons. The lowest BCUT2D eigenvalue weighted by molar-refractivity contribution is 1.02. The molecule has 0 unspecified atom stereocenters. The maximum Gasteiger partial charge on any atom is 0.126 e. The first-order chi connectivity index (χ1) is 23.4. The van der Waals surface area contributed by atoms with Crippen LogP contribution in [0.4, 0.5) is 0 Å². The van der Waals surface area contributed by atoms with E-state index in [1.807, 2.05) is 13.8 Å². The van der Waals surface area contributed by atoms with Gasteiger partial charge in [-0.25, -0.2) is 9.97 Å². The standard InChI is InChI=1S/C44H34N4/c1-27-17-20-42-35(23-27)32-11-5-8-14-39(32)47(42)41-16-10-7-13-34(41)37-26-31(38-25-29(3)45-30(4)46-38)19-22-44(37)48-40-15-9-6-12-33(40)36-24-28(2)18-21-43(36)48/h5-26H,1-4H3. The Labute approximate surface area is 279 Å². The summed E-state index contributed by atoms with van der Waals surface area (Å²) in [6.07, 6.45) is 0. The SMILES string of the molecule is Cc1ccc2c(c1)c1ccccc1n2-c1ccccc1-c1cc(-c2cc(C)nc(C)n2)ccc1-n1c2ccccc2c2cc(C)ccc21. The van der Waals surface area contributed by atoms with Gasteiger partial charge in [-0.1, -0.05) is 83.9 Å². The summed E-state index contributed by atoms with van der Waals surface area (Å²) in [6.45, 7) is 8.33. The van der Waals surface area contributed by atoms with Crippen LogP contribution in [0.5, 0.6) is 0 Å². The monoisotopic (exact) mass is 618 g/mol. The van der Waals surface area contributed by atoms with Crippen molar-refractivity contribution in [3.63, 3.8) is 0 Å². The quantitative estimate of drug-likeness (QED) is 0.197. The minimum absolute atomic E-state index is 0.773. The van der Waals surface area contributed by atoms with Gasteiger partial charge in [-0.05, 0) is 88.4 Å². The van der Waals surface area contributed by atoms with Crippen LogP contribution in [0.25, 0.3) is 77.4 Å². The summed E-state index contributed by atoms with van der Waals surface area (Å²) in [5.74, 6) is 0.773. The number of hydrogen-bond donors (Lipinski definition) is 0. The molecule has 230 valence electrons. The maximum absolute atomic E-state index is 4.88. The van der Waals surface area contributed by atoms with Gasteiger partial charge in [0.25, 0.3) is 0 Å². The second-order valence-electron chi connectivity index (χ2n) is 12.9. The van der Waals surface area contributed by atoms with E-state index in [0.29, 0.717) is 0 Å². The minimum atomic E-state index is 0.773. The number of fused-ring (bicyclic) bond motifs is 6. The molecule has 6 aromatic carbocycles. The second-order valence-corrected chi connectivity index (χ2v) is 12.9. The Balaban J connectivity index is 1.40. The molecule has 48 heavy (non-hydrogen) atoms. The number of aryl methyl sites for hydroxylation is 4. The summed E-state index contributed by atoms with van der Waals surface area (Å²) in [5.41, 5.74) is 14.8. The fraction of sp³-hybridized carbons (Fsp3) is 0.0909. The van der Waals surface area contributed by atoms with Crippen molar-refractivity contribution in [1.29, 1.82) is 0 Å². The second kappa shape index (κ2) is 10.8. The largest absolute Gasteiger partial charge is 0.309 e. The third-order valence-corrected chi connectivity index (χ3v) is 9.59. The van der Waals surface area contributed by atoms with Crippen molar-refractivity contribution >= 4 is 43.6 Å². The Bertz CT molecular complexity index is 2700. The van der Waals surface area contributed by atoms with E-state index in [9.17, 15) is 0 Å². The summed E-state index contributed by atoms with van der Waals surface area (Å²) in [6, 6.07) is 48.8. The van der Waals surface area contributed by atoms with Crippen molar-refractivity contribution in [3.05, 3.63) is 156 Å². The van der Waals surface area contributed by atoms with Crippen molar-refractivity contribution in [2.24, 2.45) is 0 Å². The van der Waals surface area contributed by atoms with Gasteiger partial charge in [-0.15, -0.1) is 0 Å². The lowest BCUT2D eigenvalue weighted by Gasteiger charge is -2.19. The number of benzene rings is 6. The van der Waals surface area contributed by atoms with Gasteiger partial charge in [-0.3, -0.25) is 0 Å². The molecule has 4 nitrogen and oxygen atoms in total. The van der Waals surface area contributed by atoms with Crippen LogP contribution in [-0.2, 0) is 0 Å². The fourth-order valence-corrected chi connectivity index (χ4v) is 7.56. The highest BCUT2D eigenvalue weighted by molar-refractivity contribution is 6.11. The summed E-state index contributed by atoms with van der Waals surface area (Å²) in [5, 5.41) is 5.02. The molecular weight excluding hydrogens is 585 g/mol. The zero-order valence-corrected chi connectivity index (χ0v) is 27.5. The van der Waals surface area contributed by atoms with E-state index in [1.165, 1.54) is 54.7 Å². The zero-order valence-electron chi connectivity index (χ0n) is 27.5. The van der Waals surface area contributed by atoms with E-state index < -0.39 is 0 Å². The van der Waals surface area contributed by atoms with Crippen LogP contribution in [0, 0.1) is 27.7 Å². The third-order valence-electron chi connectivity index (χ3n) is 9.59. The van der Waals surface area contributed by atoms with Crippen molar-refractivity contribution in [2.45, 2.75) is 27.7 Å². The normalized spacial score (nSPS) is 11.8. The van der Waals surface area contributed by atoms with Gasteiger partial charge in [0, 0.05) is 43.9 Å². The lowest BCUT2D eigenvalue weighted by Crippen LogP contribution is -2.02. The molecule has 0 N–H and O–H groups in total. The van der Waals surface area contributed by atoms with Gasteiger partial charge in [0.1, 0.15) is 5.82 Å². The number of rotatable bonds is 4. The Kier molecular flexibility index (Phi) is 6.34. The van der Waals surface area contributed by atoms with Crippen molar-refractivity contribution in [2.75, 3.05) is 0 Å². The molecule has 0 aliphatic heterocycles. The molecule has 0 saturated heterocycles. The van der Waals surface area contributed by atoms with Gasteiger partial charge in [0.15, 0.2) is 0 Å². The van der Waals surface area contributed by atoms with Crippen molar-refractivity contribution < 1.29 is 0 Å². The van der Waals surface area contributed by atoms with Gasteiger partial charge in [-0.2, -0.15) is 0 Å². The number of aromatic nitrogens is 4. The molecule has 4 heteroatoms. The number of para-hydroxylation sites is 3. The molecule has 0 aliphatic carbocycles. The first-order valence-corrected chi connectivity index (χ1v) is 16.5. The van der Waals surface area contributed by atoms with Crippen molar-refractivity contribution in [1.82, 2.24) is 19.1 Å². The highest BCUT2D eigenvalue weighted by Crippen LogP contribution is 2.42. The predicted octanol–water partition coefficient (Wildman–Crippen LogP) is 11.2. The molecule has 3 heterocycles. The molecule has 0 spiro atoms. The Morgan fingerprint density at radius 1 is 0.417 bits per heavy atom. The molecule has 9 aromatic rings. The summed E-state index contributed by atoms with van der Waals surface area (Å²) < 4.78 is 4.87. The molecule has 0 saturated carbocycles. The highest BCUT2D eigenvalue weighted by Gasteiger charge is 2.21. The van der Waals surface area contributed by atoms with E-state index in [2.05, 4.69) is 161 Å². The van der Waals surface area contributed by atoms with E-state index in [-0.39, 0.29) is 0 Å². The topological polar surface area (TPSA) is 35.6 Å². The van der Waals surface area contributed by atoms with Crippen LogP contribution in [-0.4, -0.2) is 19.1 Å².